The van der Waals surface area contributed by atoms with Gasteiger partial charge in [0.25, 0.3) is 6.71 Å². The van der Waals surface area contributed by atoms with Crippen molar-refractivity contribution in [2.75, 3.05) is 0 Å². The Morgan fingerprint density at radius 2 is 0.976 bits per heavy atom. The number of benzene rings is 1. The van der Waals surface area contributed by atoms with E-state index in [4.69, 9.17) is 0 Å². The minimum atomic E-state index is -1.70. The van der Waals surface area contributed by atoms with E-state index in [0.29, 0.717) is 24.5 Å². The number of fused-ring (bicyclic) bond motifs is 4. The van der Waals surface area contributed by atoms with Crippen LogP contribution in [0, 0.1) is 0 Å². The Kier molecular flexibility index (Phi) is 6.83. The van der Waals surface area contributed by atoms with E-state index in [1.807, 2.05) is 45.3 Å². The van der Waals surface area contributed by atoms with Crippen LogP contribution < -0.4 is 24.0 Å². The van der Waals surface area contributed by atoms with Crippen LogP contribution in [0.4, 0.5) is 0 Å². The van der Waals surface area contributed by atoms with Gasteiger partial charge in [-0.2, -0.15) is 45.3 Å². The number of hydrogen-bond donors (Lipinski definition) is 0. The lowest BCUT2D eigenvalue weighted by atomic mass is 9.37. The minimum Gasteiger partial charge on any atom is -0.157 e. The minimum absolute atomic E-state index is 0.290. The summed E-state index contributed by atoms with van der Waals surface area (Å²) in [5, 5.41) is 9.38. The van der Waals surface area contributed by atoms with Gasteiger partial charge in [0.05, 0.1) is 0 Å². The first kappa shape index (κ1) is 27.8. The van der Waals surface area contributed by atoms with Crippen LogP contribution in [-0.2, 0) is 0 Å². The van der Waals surface area contributed by atoms with Crippen molar-refractivity contribution < 1.29 is 0 Å². The van der Waals surface area contributed by atoms with Crippen molar-refractivity contribution in [2.45, 2.75) is 72.4 Å². The summed E-state index contributed by atoms with van der Waals surface area (Å²) >= 11 is 7.90. The fourth-order valence-electron chi connectivity index (χ4n) is 7.14. The van der Waals surface area contributed by atoms with Gasteiger partial charge in [-0.1, -0.05) is 72.2 Å². The summed E-state index contributed by atoms with van der Waals surface area (Å²) in [7, 11) is -1.70. The Balaban J connectivity index is 1.55. The lowest BCUT2D eigenvalue weighted by Crippen LogP contribution is -2.57. The average Bonchev–Trinajstić information content (AvgIpc) is 3.73. The molecule has 0 spiro atoms. The summed E-state index contributed by atoms with van der Waals surface area (Å²) in [6, 6.07) is 14.8. The van der Waals surface area contributed by atoms with Gasteiger partial charge in [-0.15, -0.1) is 0 Å². The van der Waals surface area contributed by atoms with Crippen LogP contribution in [0.1, 0.15) is 98.2 Å². The fourth-order valence-corrected chi connectivity index (χ4v) is 16.1. The second-order valence-corrected chi connectivity index (χ2v) is 21.8. The van der Waals surface area contributed by atoms with Crippen LogP contribution in [-0.4, -0.2) is 14.8 Å². The number of hydrogen-bond acceptors (Lipinski definition) is 4. The highest BCUT2D eigenvalue weighted by atomic mass is 32.1. The number of thiophene rings is 4. The molecule has 0 N–H and O–H groups in total. The normalized spacial score (nSPS) is 15.5. The van der Waals surface area contributed by atoms with Crippen molar-refractivity contribution in [1.82, 2.24) is 0 Å². The van der Waals surface area contributed by atoms with Crippen molar-refractivity contribution in [3.05, 3.63) is 96.9 Å². The van der Waals surface area contributed by atoms with E-state index in [0.717, 1.165) is 0 Å². The monoisotopic (exact) mass is 624 g/mol. The first-order chi connectivity index (χ1) is 19.6. The maximum Gasteiger partial charge on any atom is 0.268 e. The Hall–Kier alpha value is -1.96. The smallest absolute Gasteiger partial charge is 0.157 e. The summed E-state index contributed by atoms with van der Waals surface area (Å²) in [5.74, 6) is 1.47. The summed E-state index contributed by atoms with van der Waals surface area (Å²) in [5.41, 5.74) is 14.9. The second kappa shape index (κ2) is 10.1. The maximum absolute atomic E-state index is 2.55. The highest BCUT2D eigenvalue weighted by Gasteiger charge is 2.44. The first-order valence-electron chi connectivity index (χ1n) is 14.8. The third-order valence-electron chi connectivity index (χ3n) is 9.17. The largest absolute Gasteiger partial charge is 0.268 e. The quantitative estimate of drug-likeness (QED) is 0.173. The van der Waals surface area contributed by atoms with Crippen molar-refractivity contribution in [3.63, 3.8) is 0 Å². The van der Waals surface area contributed by atoms with E-state index in [1.54, 1.807) is 14.5 Å². The van der Waals surface area contributed by atoms with Crippen molar-refractivity contribution >= 4 is 95.3 Å². The predicted octanol–water partition coefficient (Wildman–Crippen LogP) is 8.28. The molecule has 0 saturated heterocycles. The average molecular weight is 625 g/mol. The molecule has 6 heterocycles. The van der Waals surface area contributed by atoms with Crippen LogP contribution in [0.5, 0.6) is 0 Å². The van der Waals surface area contributed by atoms with E-state index >= 15 is 0 Å². The Bertz CT molecular complexity index is 1700. The van der Waals surface area contributed by atoms with Crippen LogP contribution in [0.2, 0.25) is 13.1 Å². The Morgan fingerprint density at radius 3 is 1.41 bits per heavy atom. The molecule has 4 aromatic heterocycles. The van der Waals surface area contributed by atoms with Gasteiger partial charge in [0.2, 0.25) is 0 Å². The van der Waals surface area contributed by atoms with Gasteiger partial charge in [-0.05, 0) is 123 Å². The molecule has 2 aliphatic rings. The molecule has 0 aliphatic carbocycles. The summed E-state index contributed by atoms with van der Waals surface area (Å²) in [6.45, 7) is 19.6. The summed E-state index contributed by atoms with van der Waals surface area (Å²) in [6.07, 6.45) is 0. The zero-order chi connectivity index (χ0) is 28.8. The van der Waals surface area contributed by atoms with Crippen LogP contribution in [0.25, 0.3) is 11.1 Å². The molecular formula is C35H37BS4Si. The molecule has 0 fully saturated rings. The zero-order valence-electron chi connectivity index (χ0n) is 25.2. The molecular weight excluding hydrogens is 588 g/mol. The van der Waals surface area contributed by atoms with Crippen LogP contribution in [0.3, 0.4) is 0 Å². The van der Waals surface area contributed by atoms with Gasteiger partial charge >= 0.3 is 0 Å². The van der Waals surface area contributed by atoms with Crippen LogP contribution >= 0.6 is 45.3 Å². The molecule has 5 aromatic rings. The van der Waals surface area contributed by atoms with Crippen LogP contribution in [0.15, 0.2) is 57.9 Å². The SMILES string of the molecule is CC(C)c1cc(C(C)C)c(B2c3sccc3C(=C3c4ccsc4[Si](C)(C)c4sccc43)c3ccsc32)c(C(C)C)c1. The second-order valence-electron chi connectivity index (χ2n) is 13.1. The molecule has 2 aliphatic heterocycles. The molecule has 0 amide bonds. The lowest BCUT2D eigenvalue weighted by molar-refractivity contribution is 0.812. The van der Waals surface area contributed by atoms with Crippen molar-refractivity contribution in [2.24, 2.45) is 0 Å². The molecule has 6 heteroatoms. The molecule has 0 saturated carbocycles. The lowest BCUT2D eigenvalue weighted by Gasteiger charge is -2.34. The van der Waals surface area contributed by atoms with E-state index in [9.17, 15) is 0 Å². The molecule has 0 nitrogen and oxygen atoms in total. The van der Waals surface area contributed by atoms with Crippen molar-refractivity contribution in [1.29, 1.82) is 0 Å². The summed E-state index contributed by atoms with van der Waals surface area (Å²) in [4.78, 5) is 0. The molecule has 0 unspecified atom stereocenters. The van der Waals surface area contributed by atoms with E-state index in [2.05, 4.69) is 113 Å². The predicted molar refractivity (Wildman–Crippen MR) is 192 cm³/mol. The molecule has 7 rings (SSSR count). The molecule has 0 radical (unpaired) electrons. The van der Waals surface area contributed by atoms with E-state index in [-0.39, 0.29) is 0 Å². The van der Waals surface area contributed by atoms with Gasteiger partial charge in [0.1, 0.15) is 8.07 Å². The van der Waals surface area contributed by atoms with Gasteiger partial charge < -0.3 is 0 Å². The molecule has 41 heavy (non-hydrogen) atoms. The maximum atomic E-state index is 2.55. The highest BCUT2D eigenvalue weighted by molar-refractivity contribution is 7.37. The van der Waals surface area contributed by atoms with Gasteiger partial charge in [0, 0.05) is 9.00 Å². The van der Waals surface area contributed by atoms with Crippen molar-refractivity contribution in [3.8, 4) is 0 Å². The van der Waals surface area contributed by atoms with E-state index < -0.39 is 8.07 Å². The topological polar surface area (TPSA) is 0 Å². The third kappa shape index (κ3) is 4.08. The first-order valence-corrected chi connectivity index (χ1v) is 21.4. The summed E-state index contributed by atoms with van der Waals surface area (Å²) < 4.78 is 6.33. The standard InChI is InChI=1S/C35H37BS4Si/c1-19(2)22-17-27(20(3)4)31(28(18-22)21(5)6)36-32-23(9-13-37-32)29(24-10-14-38-33(24)36)30-25-11-15-39-34(25)41(7,8)35-26(30)12-16-40-35/h9-21H,1-8H3. The highest BCUT2D eigenvalue weighted by Crippen LogP contribution is 2.43. The van der Waals surface area contributed by atoms with E-state index in [1.165, 1.54) is 59.6 Å². The molecule has 1 aromatic carbocycles. The molecule has 0 atom stereocenters. The van der Waals surface area contributed by atoms with Gasteiger partial charge in [0.15, 0.2) is 0 Å². The number of rotatable bonds is 4. The van der Waals surface area contributed by atoms with Gasteiger partial charge in [-0.3, -0.25) is 0 Å². The molecule has 208 valence electrons. The zero-order valence-corrected chi connectivity index (χ0v) is 29.5. The molecule has 0 bridgehead atoms. The van der Waals surface area contributed by atoms with Gasteiger partial charge in [-0.25, -0.2) is 0 Å². The fraction of sp³-hybridized carbons (Fsp3) is 0.314. The Labute approximate surface area is 262 Å². The third-order valence-corrected chi connectivity index (χ3v) is 19.2. The Morgan fingerprint density at radius 1 is 0.561 bits per heavy atom.